The van der Waals surface area contributed by atoms with Crippen LogP contribution in [0.4, 0.5) is 0 Å². The molecule has 0 fully saturated rings. The second-order valence-electron chi connectivity index (χ2n) is 10.8. The predicted octanol–water partition coefficient (Wildman–Crippen LogP) is 10.2. The van der Waals surface area contributed by atoms with Crippen LogP contribution < -0.4 is 0 Å². The van der Waals surface area contributed by atoms with E-state index in [0.29, 0.717) is 0 Å². The van der Waals surface area contributed by atoms with Gasteiger partial charge in [-0.05, 0) is 80.9 Å². The van der Waals surface area contributed by atoms with Gasteiger partial charge < -0.3 is 0 Å². The molecule has 0 spiro atoms. The van der Waals surface area contributed by atoms with Crippen LogP contribution in [0.1, 0.15) is 25.0 Å². The Kier molecular flexibility index (Phi) is 4.51. The number of hydrogen-bond acceptors (Lipinski definition) is 2. The number of aromatic nitrogens is 1. The number of fused-ring (bicyclic) bond motifs is 7. The summed E-state index contributed by atoms with van der Waals surface area (Å²) in [5, 5.41) is 3.88. The van der Waals surface area contributed by atoms with Gasteiger partial charge in [-0.2, -0.15) is 0 Å². The first kappa shape index (κ1) is 21.8. The number of nitrogens with zero attached hydrogens (tertiary/aromatic N) is 1. The normalized spacial score (nSPS) is 13.7. The average molecular weight is 504 g/mol. The van der Waals surface area contributed by atoms with Gasteiger partial charge in [0.25, 0.3) is 0 Å². The summed E-state index contributed by atoms with van der Waals surface area (Å²) in [6, 6.07) is 40.3. The lowest BCUT2D eigenvalue weighted by atomic mass is 9.81. The molecule has 0 N–H and O–H groups in total. The third kappa shape index (κ3) is 3.07. The number of benzene rings is 5. The predicted molar refractivity (Wildman–Crippen MR) is 163 cm³/mol. The van der Waals surface area contributed by atoms with Crippen molar-refractivity contribution >= 4 is 42.4 Å². The van der Waals surface area contributed by atoms with Gasteiger partial charge in [-0.3, -0.25) is 4.98 Å². The highest BCUT2D eigenvalue weighted by Gasteiger charge is 2.36. The van der Waals surface area contributed by atoms with E-state index in [2.05, 4.69) is 122 Å². The van der Waals surface area contributed by atoms with Gasteiger partial charge in [0.15, 0.2) is 0 Å². The van der Waals surface area contributed by atoms with Gasteiger partial charge in [-0.1, -0.05) is 86.6 Å². The van der Waals surface area contributed by atoms with E-state index in [1.807, 2.05) is 23.6 Å². The van der Waals surface area contributed by atoms with Crippen molar-refractivity contribution in [3.63, 3.8) is 0 Å². The van der Waals surface area contributed by atoms with Crippen molar-refractivity contribution in [1.82, 2.24) is 4.98 Å². The summed E-state index contributed by atoms with van der Waals surface area (Å²) < 4.78 is 2.70. The largest absolute Gasteiger partial charge is 0.256 e. The molecule has 7 aromatic rings. The van der Waals surface area contributed by atoms with Crippen LogP contribution in [-0.2, 0) is 5.41 Å². The Morgan fingerprint density at radius 2 is 1.37 bits per heavy atom. The molecule has 5 aromatic carbocycles. The third-order valence-corrected chi connectivity index (χ3v) is 9.53. The SMILES string of the molecule is CC1(C)c2cc(-c3cccc(-c4cccc5c4sc4ccccc45)c3)ccc2-c2cc3cccnc3cc21. The topological polar surface area (TPSA) is 12.9 Å². The molecule has 180 valence electrons. The summed E-state index contributed by atoms with van der Waals surface area (Å²) in [7, 11) is 0. The Morgan fingerprint density at radius 1 is 0.579 bits per heavy atom. The molecular weight excluding hydrogens is 478 g/mol. The van der Waals surface area contributed by atoms with Crippen LogP contribution in [0.15, 0.2) is 115 Å². The molecule has 0 radical (unpaired) electrons. The summed E-state index contributed by atoms with van der Waals surface area (Å²) >= 11 is 1.89. The zero-order chi connectivity index (χ0) is 25.4. The summed E-state index contributed by atoms with van der Waals surface area (Å²) in [6.07, 6.45) is 1.88. The van der Waals surface area contributed by atoms with E-state index in [9.17, 15) is 0 Å². The fraction of sp³-hybridized carbons (Fsp3) is 0.0833. The Bertz CT molecular complexity index is 2060. The van der Waals surface area contributed by atoms with E-state index in [0.717, 1.165) is 5.52 Å². The van der Waals surface area contributed by atoms with Gasteiger partial charge in [-0.15, -0.1) is 11.3 Å². The molecule has 0 atom stereocenters. The van der Waals surface area contributed by atoms with Crippen LogP contribution in [0.5, 0.6) is 0 Å². The first-order chi connectivity index (χ1) is 18.6. The van der Waals surface area contributed by atoms with Crippen LogP contribution in [-0.4, -0.2) is 4.98 Å². The molecule has 1 aliphatic rings. The van der Waals surface area contributed by atoms with E-state index in [1.165, 1.54) is 70.1 Å². The van der Waals surface area contributed by atoms with Crippen molar-refractivity contribution in [2.24, 2.45) is 0 Å². The van der Waals surface area contributed by atoms with Gasteiger partial charge in [0, 0.05) is 37.2 Å². The molecule has 8 rings (SSSR count). The summed E-state index contributed by atoms with van der Waals surface area (Å²) in [4.78, 5) is 4.63. The van der Waals surface area contributed by atoms with Crippen LogP contribution >= 0.6 is 11.3 Å². The maximum atomic E-state index is 4.63. The molecular formula is C36H25NS. The van der Waals surface area contributed by atoms with Gasteiger partial charge in [0.1, 0.15) is 0 Å². The molecule has 2 heterocycles. The van der Waals surface area contributed by atoms with Crippen molar-refractivity contribution in [2.45, 2.75) is 19.3 Å². The fourth-order valence-corrected chi connectivity index (χ4v) is 7.56. The number of rotatable bonds is 2. The maximum Gasteiger partial charge on any atom is 0.0705 e. The van der Waals surface area contributed by atoms with Gasteiger partial charge in [0.2, 0.25) is 0 Å². The minimum absolute atomic E-state index is 0.0767. The minimum Gasteiger partial charge on any atom is -0.256 e. The van der Waals surface area contributed by atoms with Gasteiger partial charge in [-0.25, -0.2) is 0 Å². The third-order valence-electron chi connectivity index (χ3n) is 8.31. The number of pyridine rings is 1. The van der Waals surface area contributed by atoms with Crippen LogP contribution in [0, 0.1) is 0 Å². The molecule has 0 amide bonds. The van der Waals surface area contributed by atoms with Gasteiger partial charge in [0.05, 0.1) is 5.52 Å². The second kappa shape index (κ2) is 7.86. The smallest absolute Gasteiger partial charge is 0.0705 e. The molecule has 0 saturated carbocycles. The highest BCUT2D eigenvalue weighted by atomic mass is 32.1. The lowest BCUT2D eigenvalue weighted by molar-refractivity contribution is 0.661. The Morgan fingerprint density at radius 3 is 2.32 bits per heavy atom. The Hall–Kier alpha value is -4.27. The van der Waals surface area contributed by atoms with Gasteiger partial charge >= 0.3 is 0 Å². The highest BCUT2D eigenvalue weighted by molar-refractivity contribution is 7.26. The van der Waals surface area contributed by atoms with Crippen molar-refractivity contribution in [2.75, 3.05) is 0 Å². The summed E-state index contributed by atoms with van der Waals surface area (Å²) in [5.41, 5.74) is 11.5. The van der Waals surface area contributed by atoms with E-state index in [4.69, 9.17) is 0 Å². The Labute approximate surface area is 226 Å². The van der Waals surface area contributed by atoms with E-state index in [1.54, 1.807) is 0 Å². The van der Waals surface area contributed by atoms with Crippen molar-refractivity contribution in [3.8, 4) is 33.4 Å². The molecule has 1 nitrogen and oxygen atoms in total. The fourth-order valence-electron chi connectivity index (χ4n) is 6.32. The molecule has 0 aliphatic heterocycles. The zero-order valence-electron chi connectivity index (χ0n) is 21.3. The lowest BCUT2D eigenvalue weighted by Crippen LogP contribution is -2.15. The summed E-state index contributed by atoms with van der Waals surface area (Å²) in [6.45, 7) is 4.68. The standard InChI is InChI=1S/C36H25NS/c1-36(2)31-20-23(15-16-27(31)30-19-25-10-7-17-37-33(25)21-32(30)36)22-8-5-9-24(18-22)26-12-6-13-29-28-11-3-4-14-34(28)38-35(26)29/h3-21H,1-2H3. The van der Waals surface area contributed by atoms with Crippen molar-refractivity contribution in [1.29, 1.82) is 0 Å². The second-order valence-corrected chi connectivity index (χ2v) is 11.9. The summed E-state index contributed by atoms with van der Waals surface area (Å²) in [5.74, 6) is 0. The van der Waals surface area contributed by atoms with E-state index < -0.39 is 0 Å². The molecule has 0 saturated heterocycles. The van der Waals surface area contributed by atoms with E-state index in [-0.39, 0.29) is 5.41 Å². The van der Waals surface area contributed by atoms with Crippen LogP contribution in [0.25, 0.3) is 64.5 Å². The molecule has 0 bridgehead atoms. The van der Waals surface area contributed by atoms with Crippen LogP contribution in [0.2, 0.25) is 0 Å². The first-order valence-electron chi connectivity index (χ1n) is 13.1. The monoisotopic (exact) mass is 503 g/mol. The average Bonchev–Trinajstić information content (AvgIpc) is 3.44. The lowest BCUT2D eigenvalue weighted by Gasteiger charge is -2.22. The molecule has 38 heavy (non-hydrogen) atoms. The Balaban J connectivity index is 1.26. The molecule has 2 heteroatoms. The number of hydrogen-bond donors (Lipinski definition) is 0. The maximum absolute atomic E-state index is 4.63. The number of thiophene rings is 1. The zero-order valence-corrected chi connectivity index (χ0v) is 22.1. The highest BCUT2D eigenvalue weighted by Crippen LogP contribution is 2.51. The van der Waals surface area contributed by atoms with Crippen molar-refractivity contribution in [3.05, 3.63) is 127 Å². The quantitative estimate of drug-likeness (QED) is 0.229. The van der Waals surface area contributed by atoms with Crippen molar-refractivity contribution < 1.29 is 0 Å². The first-order valence-corrected chi connectivity index (χ1v) is 13.9. The molecule has 0 unspecified atom stereocenters. The van der Waals surface area contributed by atoms with E-state index >= 15 is 0 Å². The minimum atomic E-state index is -0.0767. The molecule has 2 aromatic heterocycles. The van der Waals surface area contributed by atoms with Crippen LogP contribution in [0.3, 0.4) is 0 Å². The molecule has 1 aliphatic carbocycles.